The summed E-state index contributed by atoms with van der Waals surface area (Å²) in [5, 5.41) is 12.8. The van der Waals surface area contributed by atoms with E-state index >= 15 is 0 Å². The quantitative estimate of drug-likeness (QED) is 0.812. The summed E-state index contributed by atoms with van der Waals surface area (Å²) in [7, 11) is 0. The number of aliphatic hydroxyl groups excluding tert-OH is 1. The smallest absolute Gasteiger partial charge is 0.226 e. The highest BCUT2D eigenvalue weighted by molar-refractivity contribution is 5.83. The maximum absolute atomic E-state index is 12.7. The molecule has 2 fully saturated rings. The van der Waals surface area contributed by atoms with Crippen LogP contribution in [0.1, 0.15) is 31.2 Å². The average Bonchev–Trinajstić information content (AvgIpc) is 3.54. The van der Waals surface area contributed by atoms with Gasteiger partial charge in [-0.1, -0.05) is 54.6 Å². The van der Waals surface area contributed by atoms with Crippen LogP contribution in [0.4, 0.5) is 0 Å². The van der Waals surface area contributed by atoms with Crippen molar-refractivity contribution in [2.45, 2.75) is 37.8 Å². The zero-order chi connectivity index (χ0) is 19.7. The molecule has 5 heteroatoms. The molecule has 1 heterocycles. The minimum absolute atomic E-state index is 0.0179. The van der Waals surface area contributed by atoms with E-state index in [4.69, 9.17) is 0 Å². The molecule has 0 aromatic heterocycles. The fourth-order valence-electron chi connectivity index (χ4n) is 4.26. The van der Waals surface area contributed by atoms with Crippen molar-refractivity contribution in [1.29, 1.82) is 0 Å². The summed E-state index contributed by atoms with van der Waals surface area (Å²) in [6, 6.07) is 18.2. The minimum atomic E-state index is -0.227. The van der Waals surface area contributed by atoms with E-state index in [1.165, 1.54) is 6.92 Å². The highest BCUT2D eigenvalue weighted by atomic mass is 16.3. The van der Waals surface area contributed by atoms with Gasteiger partial charge in [0.15, 0.2) is 0 Å². The van der Waals surface area contributed by atoms with Gasteiger partial charge in [-0.15, -0.1) is 0 Å². The van der Waals surface area contributed by atoms with Crippen LogP contribution in [0, 0.1) is 5.92 Å². The van der Waals surface area contributed by atoms with Crippen LogP contribution >= 0.6 is 0 Å². The third-order valence-electron chi connectivity index (χ3n) is 5.87. The van der Waals surface area contributed by atoms with Gasteiger partial charge in [0.05, 0.1) is 18.7 Å². The lowest BCUT2D eigenvalue weighted by atomic mass is 9.74. The Morgan fingerprint density at radius 1 is 1.00 bits per heavy atom. The van der Waals surface area contributed by atoms with E-state index in [0.29, 0.717) is 6.54 Å². The van der Waals surface area contributed by atoms with Crippen molar-refractivity contribution in [2.75, 3.05) is 13.2 Å². The molecule has 1 saturated carbocycles. The molecule has 2 aliphatic rings. The molecule has 0 radical (unpaired) electrons. The van der Waals surface area contributed by atoms with Crippen molar-refractivity contribution >= 4 is 11.8 Å². The number of carbonyl (C=O) groups is 2. The van der Waals surface area contributed by atoms with E-state index in [0.717, 1.165) is 29.5 Å². The monoisotopic (exact) mass is 378 g/mol. The Labute approximate surface area is 165 Å². The summed E-state index contributed by atoms with van der Waals surface area (Å²) in [6.45, 7) is 1.83. The number of nitrogens with zero attached hydrogens (tertiary/aromatic N) is 1. The largest absolute Gasteiger partial charge is 0.394 e. The number of likely N-dealkylation sites (tertiary alicyclic amines) is 1. The van der Waals surface area contributed by atoms with Crippen LogP contribution in [0.2, 0.25) is 0 Å². The molecule has 5 nitrogen and oxygen atoms in total. The summed E-state index contributed by atoms with van der Waals surface area (Å²) in [4.78, 5) is 26.0. The lowest BCUT2D eigenvalue weighted by Gasteiger charge is -2.55. The SMILES string of the molecule is CC(=O)NC[C@@H]1[C@H](c2ccc(-c3ccccc3)cc2)[C@H](CO)N1C(=O)C1CC1. The molecule has 1 aliphatic heterocycles. The van der Waals surface area contributed by atoms with Crippen molar-refractivity contribution in [3.8, 4) is 11.1 Å². The lowest BCUT2D eigenvalue weighted by Crippen LogP contribution is -2.68. The van der Waals surface area contributed by atoms with Crippen LogP contribution in [0.5, 0.6) is 0 Å². The molecule has 1 aliphatic carbocycles. The summed E-state index contributed by atoms with van der Waals surface area (Å²) < 4.78 is 0. The number of nitrogens with one attached hydrogen (secondary N) is 1. The molecular weight excluding hydrogens is 352 g/mol. The van der Waals surface area contributed by atoms with Gasteiger partial charge in [0.2, 0.25) is 11.8 Å². The van der Waals surface area contributed by atoms with Crippen molar-refractivity contribution in [1.82, 2.24) is 10.2 Å². The van der Waals surface area contributed by atoms with Crippen LogP contribution < -0.4 is 5.32 Å². The summed E-state index contributed by atoms with van der Waals surface area (Å²) >= 11 is 0. The highest BCUT2D eigenvalue weighted by Crippen LogP contribution is 2.44. The molecule has 2 amide bonds. The molecule has 4 rings (SSSR count). The summed E-state index contributed by atoms with van der Waals surface area (Å²) in [5.41, 5.74) is 3.38. The molecule has 0 spiro atoms. The second-order valence-corrected chi connectivity index (χ2v) is 7.79. The van der Waals surface area contributed by atoms with Gasteiger partial charge in [-0.25, -0.2) is 0 Å². The van der Waals surface area contributed by atoms with Crippen molar-refractivity contribution in [3.05, 3.63) is 60.2 Å². The molecule has 0 bridgehead atoms. The Kier molecular flexibility index (Phi) is 5.18. The topological polar surface area (TPSA) is 69.6 Å². The zero-order valence-electron chi connectivity index (χ0n) is 16.0. The van der Waals surface area contributed by atoms with Crippen LogP contribution in [0.15, 0.2) is 54.6 Å². The molecule has 2 aromatic carbocycles. The Morgan fingerprint density at radius 3 is 2.21 bits per heavy atom. The first kappa shape index (κ1) is 18.7. The number of rotatable bonds is 6. The third-order valence-corrected chi connectivity index (χ3v) is 5.87. The van der Waals surface area contributed by atoms with E-state index in [1.807, 2.05) is 23.1 Å². The van der Waals surface area contributed by atoms with Crippen LogP contribution in [-0.4, -0.2) is 47.1 Å². The van der Waals surface area contributed by atoms with Crippen molar-refractivity contribution in [3.63, 3.8) is 0 Å². The molecule has 2 N–H and O–H groups in total. The Morgan fingerprint density at radius 2 is 1.64 bits per heavy atom. The van der Waals surface area contributed by atoms with E-state index < -0.39 is 0 Å². The maximum atomic E-state index is 12.7. The molecule has 1 saturated heterocycles. The first-order chi connectivity index (χ1) is 13.6. The number of hydrogen-bond donors (Lipinski definition) is 2. The first-order valence-electron chi connectivity index (χ1n) is 9.93. The predicted octanol–water partition coefficient (Wildman–Crippen LogP) is 2.56. The van der Waals surface area contributed by atoms with Gasteiger partial charge in [0.25, 0.3) is 0 Å². The number of amides is 2. The molecule has 0 unspecified atom stereocenters. The van der Waals surface area contributed by atoms with Crippen LogP contribution in [0.3, 0.4) is 0 Å². The lowest BCUT2D eigenvalue weighted by molar-refractivity contribution is -0.152. The van der Waals surface area contributed by atoms with E-state index in [9.17, 15) is 14.7 Å². The van der Waals surface area contributed by atoms with E-state index in [2.05, 4.69) is 41.7 Å². The van der Waals surface area contributed by atoms with Gasteiger partial charge >= 0.3 is 0 Å². The van der Waals surface area contributed by atoms with Gasteiger partial charge in [0, 0.05) is 25.3 Å². The Hall–Kier alpha value is -2.66. The van der Waals surface area contributed by atoms with Gasteiger partial charge in [-0.05, 0) is 29.5 Å². The number of carbonyl (C=O) groups excluding carboxylic acids is 2. The van der Waals surface area contributed by atoms with Crippen LogP contribution in [-0.2, 0) is 9.59 Å². The first-order valence-corrected chi connectivity index (χ1v) is 9.93. The maximum Gasteiger partial charge on any atom is 0.226 e. The number of benzene rings is 2. The second-order valence-electron chi connectivity index (χ2n) is 7.79. The summed E-state index contributed by atoms with van der Waals surface area (Å²) in [6.07, 6.45) is 1.85. The van der Waals surface area contributed by atoms with E-state index in [-0.39, 0.29) is 42.3 Å². The molecule has 3 atom stereocenters. The predicted molar refractivity (Wildman–Crippen MR) is 108 cm³/mol. The fourth-order valence-corrected chi connectivity index (χ4v) is 4.26. The highest BCUT2D eigenvalue weighted by Gasteiger charge is 2.53. The van der Waals surface area contributed by atoms with Crippen molar-refractivity contribution in [2.24, 2.45) is 5.92 Å². The van der Waals surface area contributed by atoms with Gasteiger partial charge < -0.3 is 15.3 Å². The molecular formula is C23H26N2O3. The average molecular weight is 378 g/mol. The van der Waals surface area contributed by atoms with Gasteiger partial charge in [0.1, 0.15) is 0 Å². The van der Waals surface area contributed by atoms with Crippen molar-refractivity contribution < 1.29 is 14.7 Å². The van der Waals surface area contributed by atoms with E-state index in [1.54, 1.807) is 0 Å². The Bertz CT molecular complexity index is 846. The second kappa shape index (κ2) is 7.76. The molecule has 28 heavy (non-hydrogen) atoms. The van der Waals surface area contributed by atoms with Crippen LogP contribution in [0.25, 0.3) is 11.1 Å². The molecule has 146 valence electrons. The number of hydrogen-bond acceptors (Lipinski definition) is 3. The fraction of sp³-hybridized carbons (Fsp3) is 0.391. The molecule has 2 aromatic rings. The third kappa shape index (κ3) is 3.54. The van der Waals surface area contributed by atoms with Gasteiger partial charge in [-0.3, -0.25) is 9.59 Å². The normalized spacial score (nSPS) is 23.8. The number of aliphatic hydroxyl groups is 1. The zero-order valence-corrected chi connectivity index (χ0v) is 16.0. The Balaban J connectivity index is 1.58. The summed E-state index contributed by atoms with van der Waals surface area (Å²) in [5.74, 6) is 0.121. The minimum Gasteiger partial charge on any atom is -0.394 e. The standard InChI is InChI=1S/C23H26N2O3/c1-15(27)24-13-20-22(21(14-26)25(20)23(28)19-11-12-19)18-9-7-17(8-10-18)16-5-3-2-4-6-16/h2-10,19-22,26H,11-14H2,1H3,(H,24,27)/t20-,21+,22+/m1/s1. The van der Waals surface area contributed by atoms with Gasteiger partial charge in [-0.2, -0.15) is 0 Å².